The fourth-order valence-electron chi connectivity index (χ4n) is 1.90. The van der Waals surface area contributed by atoms with E-state index in [2.05, 4.69) is 38.1 Å². The van der Waals surface area contributed by atoms with Crippen LogP contribution in [-0.2, 0) is 13.0 Å². The van der Waals surface area contributed by atoms with Gasteiger partial charge in [-0.15, -0.1) is 11.3 Å². The number of thiazole rings is 1. The fourth-order valence-corrected chi connectivity index (χ4v) is 2.98. The zero-order chi connectivity index (χ0) is 12.3. The molecule has 0 saturated carbocycles. The summed E-state index contributed by atoms with van der Waals surface area (Å²) in [5.41, 5.74) is 9.46. The zero-order valence-corrected chi connectivity index (χ0v) is 11.2. The van der Waals surface area contributed by atoms with Gasteiger partial charge in [-0.05, 0) is 18.9 Å². The van der Waals surface area contributed by atoms with Crippen molar-refractivity contribution in [2.75, 3.05) is 0 Å². The first-order chi connectivity index (χ1) is 8.26. The first-order valence-corrected chi connectivity index (χ1v) is 6.82. The van der Waals surface area contributed by atoms with Crippen LogP contribution in [0, 0.1) is 6.92 Å². The molecule has 0 radical (unpaired) electrons. The molecule has 2 rings (SSSR count). The monoisotopic (exact) mass is 246 g/mol. The highest BCUT2D eigenvalue weighted by Gasteiger charge is 2.11. The van der Waals surface area contributed by atoms with E-state index in [0.717, 1.165) is 17.8 Å². The van der Waals surface area contributed by atoms with Crippen LogP contribution in [0.5, 0.6) is 0 Å². The van der Waals surface area contributed by atoms with Crippen LogP contribution < -0.4 is 5.73 Å². The number of nitrogens with two attached hydrogens (primary N) is 1. The molecule has 0 fully saturated rings. The summed E-state index contributed by atoms with van der Waals surface area (Å²) in [6.07, 6.45) is 2.14. The quantitative estimate of drug-likeness (QED) is 0.896. The lowest BCUT2D eigenvalue weighted by Gasteiger charge is -2.00. The predicted octanol–water partition coefficient (Wildman–Crippen LogP) is 3.53. The normalized spacial score (nSPS) is 10.8. The third kappa shape index (κ3) is 2.56. The highest BCUT2D eigenvalue weighted by atomic mass is 32.1. The Morgan fingerprint density at radius 3 is 2.71 bits per heavy atom. The van der Waals surface area contributed by atoms with Crippen molar-refractivity contribution in [3.05, 3.63) is 40.4 Å². The van der Waals surface area contributed by atoms with Gasteiger partial charge in [-0.25, -0.2) is 4.98 Å². The first kappa shape index (κ1) is 12.3. The summed E-state index contributed by atoms with van der Waals surface area (Å²) in [6.45, 7) is 4.89. The zero-order valence-electron chi connectivity index (χ0n) is 10.4. The van der Waals surface area contributed by atoms with Gasteiger partial charge in [0.25, 0.3) is 0 Å². The van der Waals surface area contributed by atoms with E-state index in [4.69, 9.17) is 10.7 Å². The molecule has 0 aliphatic heterocycles. The van der Waals surface area contributed by atoms with Crippen molar-refractivity contribution in [2.45, 2.75) is 33.2 Å². The summed E-state index contributed by atoms with van der Waals surface area (Å²) >= 11 is 1.73. The second kappa shape index (κ2) is 5.43. The summed E-state index contributed by atoms with van der Waals surface area (Å²) in [5.74, 6) is 0. The summed E-state index contributed by atoms with van der Waals surface area (Å²) in [5, 5.41) is 1.10. The van der Waals surface area contributed by atoms with Crippen molar-refractivity contribution in [1.29, 1.82) is 0 Å². The van der Waals surface area contributed by atoms with Crippen LogP contribution in [0.15, 0.2) is 24.3 Å². The molecule has 2 N–H and O–H groups in total. The van der Waals surface area contributed by atoms with Gasteiger partial charge in [0.2, 0.25) is 0 Å². The lowest BCUT2D eigenvalue weighted by Crippen LogP contribution is -1.97. The Morgan fingerprint density at radius 1 is 1.29 bits per heavy atom. The summed E-state index contributed by atoms with van der Waals surface area (Å²) < 4.78 is 0. The second-order valence-corrected chi connectivity index (χ2v) is 5.24. The molecular formula is C14H18N2S. The summed E-state index contributed by atoms with van der Waals surface area (Å²) in [4.78, 5) is 5.97. The number of nitrogens with zero attached hydrogens (tertiary/aromatic N) is 1. The predicted molar refractivity (Wildman–Crippen MR) is 74.2 cm³/mol. The molecule has 1 aromatic carbocycles. The number of benzene rings is 1. The van der Waals surface area contributed by atoms with E-state index >= 15 is 0 Å². The fraction of sp³-hybridized carbons (Fsp3) is 0.357. The van der Waals surface area contributed by atoms with Crippen LogP contribution in [0.2, 0.25) is 0 Å². The number of hydrogen-bond acceptors (Lipinski definition) is 3. The van der Waals surface area contributed by atoms with E-state index in [-0.39, 0.29) is 0 Å². The summed E-state index contributed by atoms with van der Waals surface area (Å²) in [7, 11) is 0. The Kier molecular flexibility index (Phi) is 3.92. The highest BCUT2D eigenvalue weighted by Crippen LogP contribution is 2.30. The Balaban J connectivity index is 2.43. The minimum atomic E-state index is 0.596. The molecule has 3 heteroatoms. The van der Waals surface area contributed by atoms with Gasteiger partial charge in [0.05, 0.1) is 5.69 Å². The van der Waals surface area contributed by atoms with Crippen molar-refractivity contribution in [1.82, 2.24) is 4.98 Å². The molecule has 2 aromatic rings. The Bertz CT molecular complexity index is 503. The van der Waals surface area contributed by atoms with Crippen LogP contribution in [-0.4, -0.2) is 4.98 Å². The molecule has 0 amide bonds. The van der Waals surface area contributed by atoms with Crippen LogP contribution in [0.3, 0.4) is 0 Å². The van der Waals surface area contributed by atoms with Gasteiger partial charge < -0.3 is 5.73 Å². The average molecular weight is 246 g/mol. The molecule has 2 nitrogen and oxygen atoms in total. The first-order valence-electron chi connectivity index (χ1n) is 6.01. The third-order valence-electron chi connectivity index (χ3n) is 2.83. The minimum absolute atomic E-state index is 0.596. The van der Waals surface area contributed by atoms with Crippen molar-refractivity contribution >= 4 is 11.3 Å². The molecule has 90 valence electrons. The lowest BCUT2D eigenvalue weighted by atomic mass is 10.1. The molecule has 0 atom stereocenters. The second-order valence-electron chi connectivity index (χ2n) is 4.16. The Hall–Kier alpha value is -1.19. The van der Waals surface area contributed by atoms with E-state index in [1.165, 1.54) is 21.7 Å². The van der Waals surface area contributed by atoms with Gasteiger partial charge in [-0.1, -0.05) is 37.6 Å². The van der Waals surface area contributed by atoms with Gasteiger partial charge in [0, 0.05) is 17.0 Å². The van der Waals surface area contributed by atoms with Gasteiger partial charge in [-0.2, -0.15) is 0 Å². The van der Waals surface area contributed by atoms with E-state index in [1.807, 2.05) is 0 Å². The Morgan fingerprint density at radius 2 is 2.06 bits per heavy atom. The molecule has 0 bridgehead atoms. The lowest BCUT2D eigenvalue weighted by molar-refractivity contribution is 0.871. The highest BCUT2D eigenvalue weighted by molar-refractivity contribution is 7.15. The minimum Gasteiger partial charge on any atom is -0.326 e. The maximum atomic E-state index is 5.78. The number of rotatable bonds is 4. The molecule has 0 unspecified atom stereocenters. The smallest absolute Gasteiger partial charge is 0.124 e. The number of aryl methyl sites for hydroxylation is 2. The number of aromatic nitrogens is 1. The molecule has 0 saturated heterocycles. The summed E-state index contributed by atoms with van der Waals surface area (Å²) in [6, 6.07) is 8.37. The molecule has 1 heterocycles. The van der Waals surface area contributed by atoms with Gasteiger partial charge in [0.15, 0.2) is 0 Å². The molecule has 0 aliphatic carbocycles. The average Bonchev–Trinajstić information content (AvgIpc) is 2.73. The third-order valence-corrected chi connectivity index (χ3v) is 3.98. The van der Waals surface area contributed by atoms with Crippen LogP contribution in [0.25, 0.3) is 10.6 Å². The van der Waals surface area contributed by atoms with Crippen molar-refractivity contribution in [3.63, 3.8) is 0 Å². The standard InChI is InChI=1S/C14H18N2S/c1-3-6-12-13(9-15)17-14(16-12)11-8-5-4-7-10(11)2/h4-5,7-8H,3,6,9,15H2,1-2H3. The molecule has 0 spiro atoms. The van der Waals surface area contributed by atoms with E-state index < -0.39 is 0 Å². The van der Waals surface area contributed by atoms with Gasteiger partial charge in [0.1, 0.15) is 5.01 Å². The van der Waals surface area contributed by atoms with Gasteiger partial charge >= 0.3 is 0 Å². The largest absolute Gasteiger partial charge is 0.326 e. The maximum absolute atomic E-state index is 5.78. The maximum Gasteiger partial charge on any atom is 0.124 e. The van der Waals surface area contributed by atoms with E-state index in [0.29, 0.717) is 6.54 Å². The molecule has 1 aromatic heterocycles. The van der Waals surface area contributed by atoms with E-state index in [1.54, 1.807) is 11.3 Å². The molecular weight excluding hydrogens is 228 g/mol. The van der Waals surface area contributed by atoms with Crippen LogP contribution in [0.4, 0.5) is 0 Å². The molecule has 0 aliphatic rings. The Labute approximate surface area is 107 Å². The van der Waals surface area contributed by atoms with Gasteiger partial charge in [-0.3, -0.25) is 0 Å². The van der Waals surface area contributed by atoms with Crippen molar-refractivity contribution in [2.24, 2.45) is 5.73 Å². The topological polar surface area (TPSA) is 38.9 Å². The molecule has 17 heavy (non-hydrogen) atoms. The SMILES string of the molecule is CCCc1nc(-c2ccccc2C)sc1CN. The van der Waals surface area contributed by atoms with E-state index in [9.17, 15) is 0 Å². The van der Waals surface area contributed by atoms with Crippen LogP contribution >= 0.6 is 11.3 Å². The van der Waals surface area contributed by atoms with Crippen molar-refractivity contribution < 1.29 is 0 Å². The van der Waals surface area contributed by atoms with Crippen molar-refractivity contribution in [3.8, 4) is 10.6 Å². The van der Waals surface area contributed by atoms with Crippen LogP contribution in [0.1, 0.15) is 29.5 Å². The number of hydrogen-bond donors (Lipinski definition) is 1.